The van der Waals surface area contributed by atoms with Gasteiger partial charge in [0.1, 0.15) is 5.75 Å². The summed E-state index contributed by atoms with van der Waals surface area (Å²) in [5, 5.41) is 6.93. The molecule has 0 heterocycles. The van der Waals surface area contributed by atoms with Crippen LogP contribution in [0.3, 0.4) is 0 Å². The van der Waals surface area contributed by atoms with Crippen LogP contribution in [0.1, 0.15) is 45.1 Å². The molecule has 0 saturated heterocycles. The van der Waals surface area contributed by atoms with Crippen molar-refractivity contribution in [2.24, 2.45) is 10.9 Å². The van der Waals surface area contributed by atoms with E-state index in [0.717, 1.165) is 29.7 Å². The summed E-state index contributed by atoms with van der Waals surface area (Å²) >= 11 is 0. The van der Waals surface area contributed by atoms with E-state index >= 15 is 0 Å². The Morgan fingerprint density at radius 1 is 1.26 bits per heavy atom. The summed E-state index contributed by atoms with van der Waals surface area (Å²) in [6, 6.07) is 8.64. The third-order valence-corrected chi connectivity index (χ3v) is 4.25. The Morgan fingerprint density at radius 2 is 2.00 bits per heavy atom. The average Bonchev–Trinajstić information content (AvgIpc) is 2.55. The van der Waals surface area contributed by atoms with Gasteiger partial charge in [-0.3, -0.25) is 0 Å². The number of nitrogens with one attached hydrogen (secondary N) is 2. The molecule has 0 amide bonds. The van der Waals surface area contributed by atoms with Gasteiger partial charge in [0.25, 0.3) is 0 Å². The molecule has 0 unspecified atom stereocenters. The normalized spacial score (nSPS) is 21.3. The van der Waals surface area contributed by atoms with Crippen molar-refractivity contribution in [3.8, 4) is 5.75 Å². The van der Waals surface area contributed by atoms with Gasteiger partial charge in [0.05, 0.1) is 13.7 Å². The highest BCUT2D eigenvalue weighted by Crippen LogP contribution is 2.23. The molecule has 1 fully saturated rings. The molecule has 0 aliphatic heterocycles. The number of nitrogens with zero attached hydrogens (tertiary/aromatic N) is 1. The maximum absolute atomic E-state index is 5.26. The van der Waals surface area contributed by atoms with Crippen LogP contribution in [-0.4, -0.2) is 25.7 Å². The molecule has 5 heteroatoms. The first-order valence-corrected chi connectivity index (χ1v) is 8.39. The van der Waals surface area contributed by atoms with Crippen molar-refractivity contribution < 1.29 is 4.74 Å². The van der Waals surface area contributed by atoms with Crippen molar-refractivity contribution >= 4 is 29.9 Å². The molecule has 1 aromatic carbocycles. The van der Waals surface area contributed by atoms with E-state index in [9.17, 15) is 0 Å². The predicted molar refractivity (Wildman–Crippen MR) is 108 cm³/mol. The molecule has 130 valence electrons. The maximum atomic E-state index is 5.26. The monoisotopic (exact) mass is 431 g/mol. The standard InChI is InChI=1S/C18H29N3O.HI/c1-4-19-18(21-16-10-8-14(2)9-11-16)20-13-15-6-5-7-17(12-15)22-3;/h5-7,12,14,16H,4,8-11,13H2,1-3H3,(H2,19,20,21);1H. The fraction of sp³-hybridized carbons (Fsp3) is 0.611. The zero-order valence-electron chi connectivity index (χ0n) is 14.5. The zero-order chi connectivity index (χ0) is 15.8. The number of benzene rings is 1. The molecule has 2 N–H and O–H groups in total. The molecule has 1 saturated carbocycles. The van der Waals surface area contributed by atoms with Crippen LogP contribution >= 0.6 is 24.0 Å². The molecule has 23 heavy (non-hydrogen) atoms. The van der Waals surface area contributed by atoms with E-state index < -0.39 is 0 Å². The molecule has 0 aromatic heterocycles. The Morgan fingerprint density at radius 3 is 2.65 bits per heavy atom. The number of aliphatic imine (C=N–C) groups is 1. The Bertz CT molecular complexity index is 485. The van der Waals surface area contributed by atoms with E-state index in [1.807, 2.05) is 18.2 Å². The number of rotatable bonds is 5. The van der Waals surface area contributed by atoms with Crippen LogP contribution < -0.4 is 15.4 Å². The number of methoxy groups -OCH3 is 1. The van der Waals surface area contributed by atoms with Crippen LogP contribution in [0, 0.1) is 5.92 Å². The molecule has 4 nitrogen and oxygen atoms in total. The van der Waals surface area contributed by atoms with Crippen LogP contribution in [0.5, 0.6) is 5.75 Å². The van der Waals surface area contributed by atoms with E-state index in [1.165, 1.54) is 25.7 Å². The van der Waals surface area contributed by atoms with Crippen molar-refractivity contribution in [1.82, 2.24) is 10.6 Å². The maximum Gasteiger partial charge on any atom is 0.191 e. The van der Waals surface area contributed by atoms with E-state index in [4.69, 9.17) is 9.73 Å². The number of hydrogen-bond acceptors (Lipinski definition) is 2. The average molecular weight is 431 g/mol. The second-order valence-corrected chi connectivity index (χ2v) is 6.15. The zero-order valence-corrected chi connectivity index (χ0v) is 16.8. The summed E-state index contributed by atoms with van der Waals surface area (Å²) in [6.45, 7) is 5.99. The summed E-state index contributed by atoms with van der Waals surface area (Å²) in [5.41, 5.74) is 1.16. The lowest BCUT2D eigenvalue weighted by Gasteiger charge is -2.28. The summed E-state index contributed by atoms with van der Waals surface area (Å²) < 4.78 is 5.26. The summed E-state index contributed by atoms with van der Waals surface area (Å²) in [5.74, 6) is 2.67. The molecule has 1 aliphatic rings. The molecule has 0 spiro atoms. The fourth-order valence-electron chi connectivity index (χ4n) is 2.86. The first-order valence-electron chi connectivity index (χ1n) is 8.39. The smallest absolute Gasteiger partial charge is 0.191 e. The molecule has 0 bridgehead atoms. The van der Waals surface area contributed by atoms with Gasteiger partial charge in [0, 0.05) is 12.6 Å². The quantitative estimate of drug-likeness (QED) is 0.422. The minimum absolute atomic E-state index is 0. The highest BCUT2D eigenvalue weighted by atomic mass is 127. The second kappa shape index (κ2) is 10.7. The second-order valence-electron chi connectivity index (χ2n) is 6.15. The van der Waals surface area contributed by atoms with Gasteiger partial charge < -0.3 is 15.4 Å². The predicted octanol–water partition coefficient (Wildman–Crippen LogP) is 3.95. The molecular weight excluding hydrogens is 401 g/mol. The van der Waals surface area contributed by atoms with Crippen molar-refractivity contribution in [3.63, 3.8) is 0 Å². The fourth-order valence-corrected chi connectivity index (χ4v) is 2.86. The Kier molecular flexibility index (Phi) is 9.36. The number of ether oxygens (including phenoxy) is 1. The minimum Gasteiger partial charge on any atom is -0.497 e. The SMILES string of the molecule is CCNC(=NCc1cccc(OC)c1)NC1CCC(C)CC1.I. The highest BCUT2D eigenvalue weighted by molar-refractivity contribution is 14.0. The van der Waals surface area contributed by atoms with Crippen molar-refractivity contribution in [3.05, 3.63) is 29.8 Å². The number of hydrogen-bond donors (Lipinski definition) is 2. The van der Waals surface area contributed by atoms with Crippen LogP contribution in [0.4, 0.5) is 0 Å². The van der Waals surface area contributed by atoms with Gasteiger partial charge in [-0.1, -0.05) is 19.1 Å². The van der Waals surface area contributed by atoms with Gasteiger partial charge in [0.15, 0.2) is 5.96 Å². The van der Waals surface area contributed by atoms with Crippen molar-refractivity contribution in [1.29, 1.82) is 0 Å². The van der Waals surface area contributed by atoms with Gasteiger partial charge in [-0.15, -0.1) is 24.0 Å². The van der Waals surface area contributed by atoms with Crippen molar-refractivity contribution in [2.45, 2.75) is 52.1 Å². The number of guanidine groups is 1. The molecule has 1 aliphatic carbocycles. The summed E-state index contributed by atoms with van der Waals surface area (Å²) in [4.78, 5) is 4.71. The molecule has 0 radical (unpaired) electrons. The largest absolute Gasteiger partial charge is 0.497 e. The summed E-state index contributed by atoms with van der Waals surface area (Å²) in [6.07, 6.45) is 5.11. The number of halogens is 1. The van der Waals surface area contributed by atoms with E-state index in [0.29, 0.717) is 12.6 Å². The van der Waals surface area contributed by atoms with Gasteiger partial charge in [-0.05, 0) is 56.2 Å². The van der Waals surface area contributed by atoms with E-state index in [2.05, 4.69) is 30.5 Å². The van der Waals surface area contributed by atoms with Crippen LogP contribution in [0.25, 0.3) is 0 Å². The third-order valence-electron chi connectivity index (χ3n) is 4.25. The van der Waals surface area contributed by atoms with Crippen LogP contribution in [0.2, 0.25) is 0 Å². The lowest BCUT2D eigenvalue weighted by Crippen LogP contribution is -2.44. The van der Waals surface area contributed by atoms with E-state index in [-0.39, 0.29) is 24.0 Å². The van der Waals surface area contributed by atoms with E-state index in [1.54, 1.807) is 7.11 Å². The lowest BCUT2D eigenvalue weighted by molar-refractivity contribution is 0.329. The third kappa shape index (κ3) is 6.97. The topological polar surface area (TPSA) is 45.7 Å². The minimum atomic E-state index is 0. The van der Waals surface area contributed by atoms with Crippen LogP contribution in [0.15, 0.2) is 29.3 Å². The van der Waals surface area contributed by atoms with Gasteiger partial charge in [-0.25, -0.2) is 4.99 Å². The first-order chi connectivity index (χ1) is 10.7. The molecule has 2 rings (SSSR count). The first kappa shape index (κ1) is 20.1. The van der Waals surface area contributed by atoms with Crippen LogP contribution in [-0.2, 0) is 6.54 Å². The molecule has 0 atom stereocenters. The summed E-state index contributed by atoms with van der Waals surface area (Å²) in [7, 11) is 1.69. The Hall–Kier alpha value is -0.980. The van der Waals surface area contributed by atoms with Gasteiger partial charge in [-0.2, -0.15) is 0 Å². The molecule has 1 aromatic rings. The van der Waals surface area contributed by atoms with Gasteiger partial charge >= 0.3 is 0 Å². The lowest BCUT2D eigenvalue weighted by atomic mass is 9.87. The van der Waals surface area contributed by atoms with Crippen molar-refractivity contribution in [2.75, 3.05) is 13.7 Å². The molecular formula is C18H30IN3O. The Labute approximate surface area is 157 Å². The Balaban J connectivity index is 0.00000264. The van der Waals surface area contributed by atoms with Gasteiger partial charge in [0.2, 0.25) is 0 Å². The highest BCUT2D eigenvalue weighted by Gasteiger charge is 2.18.